The number of benzene rings is 2. The third kappa shape index (κ3) is 2.46. The molecule has 0 atom stereocenters. The van der Waals surface area contributed by atoms with Crippen molar-refractivity contribution in [2.45, 2.75) is 19.3 Å². The Bertz CT molecular complexity index is 1970. The van der Waals surface area contributed by atoms with Gasteiger partial charge in [-0.05, 0) is 12.1 Å². The second kappa shape index (κ2) is 6.80. The van der Waals surface area contributed by atoms with Gasteiger partial charge < -0.3 is 0 Å². The quantitative estimate of drug-likeness (QED) is 0.133. The number of hydrogen-bond acceptors (Lipinski definition) is 4. The minimum atomic E-state index is -0.228. The third-order valence-electron chi connectivity index (χ3n) is 7.69. The molecule has 4 nitrogen and oxygen atoms in total. The van der Waals surface area contributed by atoms with E-state index in [0.717, 1.165) is 26.3 Å². The van der Waals surface area contributed by atoms with Crippen LogP contribution in [0.25, 0.3) is 42.7 Å². The van der Waals surface area contributed by atoms with E-state index in [1.165, 1.54) is 26.3 Å². The Labute approximate surface area is 216 Å². The van der Waals surface area contributed by atoms with Gasteiger partial charge in [0.1, 0.15) is 0 Å². The number of pyridine rings is 1. The Morgan fingerprint density at radius 2 is 1.75 bits per heavy atom. The summed E-state index contributed by atoms with van der Waals surface area (Å²) in [5.74, 6) is -0.333. The average molecular weight is 550 g/mol. The number of aromatic nitrogens is 2. The monoisotopic (exact) mass is 550 g/mol. The molecule has 6 heteroatoms. The Kier molecular flexibility index (Phi) is 3.89. The standard InChI is InChI=1S/C30H18N2O2SSe/c1-30(2)22-7-3-5-17-18-6-4-9-31-28(18)32(25(17)22)29-23(30)13-16(35-29)12-21-26(33)19-11-15-8-10-36-24(15)14-20(19)27(21)34/h3-14H,1-2H3/b21-12-. The molecule has 0 fully saturated rings. The number of carbonyl (C=O) groups excluding carboxylic acids is 2. The molecule has 4 aromatic heterocycles. The second-order valence-electron chi connectivity index (χ2n) is 9.98. The van der Waals surface area contributed by atoms with Crippen LogP contribution in [0.1, 0.15) is 50.6 Å². The molecule has 8 rings (SSSR count). The van der Waals surface area contributed by atoms with Gasteiger partial charge in [0.15, 0.2) is 0 Å². The molecule has 0 bridgehead atoms. The molecule has 1 aliphatic carbocycles. The molecule has 6 aromatic rings. The van der Waals surface area contributed by atoms with E-state index in [0.29, 0.717) is 11.1 Å². The molecule has 1 aliphatic heterocycles. The van der Waals surface area contributed by atoms with Crippen molar-refractivity contribution < 1.29 is 9.59 Å². The van der Waals surface area contributed by atoms with Gasteiger partial charge in [0.25, 0.3) is 0 Å². The number of carbonyl (C=O) groups is 2. The molecule has 0 spiro atoms. The maximum absolute atomic E-state index is 13.3. The summed E-state index contributed by atoms with van der Waals surface area (Å²) in [6.45, 7) is 4.49. The summed E-state index contributed by atoms with van der Waals surface area (Å²) in [5.41, 5.74) is 5.68. The number of nitrogens with zero attached hydrogens (tertiary/aromatic N) is 2. The van der Waals surface area contributed by atoms with E-state index in [1.54, 1.807) is 17.4 Å². The summed E-state index contributed by atoms with van der Waals surface area (Å²) in [4.78, 5) is 34.5. The Balaban J connectivity index is 1.35. The zero-order valence-corrected chi connectivity index (χ0v) is 22.0. The van der Waals surface area contributed by atoms with Crippen molar-refractivity contribution in [1.82, 2.24) is 9.55 Å². The number of Topliss-reactive ketones (excluding diaryl/α,β-unsaturated/α-hetero) is 2. The van der Waals surface area contributed by atoms with Gasteiger partial charge in [0.05, 0.1) is 0 Å². The zero-order chi connectivity index (χ0) is 24.3. The van der Waals surface area contributed by atoms with Crippen molar-refractivity contribution in [2.24, 2.45) is 0 Å². The number of rotatable bonds is 1. The summed E-state index contributed by atoms with van der Waals surface area (Å²) in [6.07, 6.45) is 3.64. The van der Waals surface area contributed by atoms with Crippen LogP contribution in [0.4, 0.5) is 0 Å². The fraction of sp³-hybridized carbons (Fsp3) is 0.100. The van der Waals surface area contributed by atoms with Crippen molar-refractivity contribution in [1.29, 1.82) is 0 Å². The fourth-order valence-electron chi connectivity index (χ4n) is 5.88. The molecule has 0 amide bonds. The fourth-order valence-corrected chi connectivity index (χ4v) is 8.85. The van der Waals surface area contributed by atoms with Gasteiger partial charge in [-0.15, -0.1) is 0 Å². The first-order valence-corrected chi connectivity index (χ1v) is 14.5. The average Bonchev–Trinajstić information content (AvgIpc) is 3.63. The topological polar surface area (TPSA) is 52.0 Å². The zero-order valence-electron chi connectivity index (χ0n) is 19.5. The molecule has 0 radical (unpaired) electrons. The molecule has 172 valence electrons. The SMILES string of the molecule is CC1(C)c2cc(/C=C3/C(=O)c4cc5cc[se]c5cc4C3=O)sc2-n2c3ncccc3c3cccc1c32. The minimum absolute atomic E-state index is 0.162. The van der Waals surface area contributed by atoms with Crippen LogP contribution in [-0.4, -0.2) is 35.6 Å². The van der Waals surface area contributed by atoms with Gasteiger partial charge in [-0.1, -0.05) is 12.1 Å². The summed E-state index contributed by atoms with van der Waals surface area (Å²) in [6, 6.07) is 18.6. The summed E-state index contributed by atoms with van der Waals surface area (Å²) in [7, 11) is 0. The van der Waals surface area contributed by atoms with Crippen LogP contribution in [0.5, 0.6) is 0 Å². The van der Waals surface area contributed by atoms with Crippen LogP contribution in [0.3, 0.4) is 0 Å². The van der Waals surface area contributed by atoms with E-state index in [1.807, 2.05) is 24.4 Å². The van der Waals surface area contributed by atoms with E-state index < -0.39 is 0 Å². The molecule has 0 saturated heterocycles. The first-order chi connectivity index (χ1) is 17.4. The van der Waals surface area contributed by atoms with Crippen molar-refractivity contribution in [3.63, 3.8) is 0 Å². The maximum atomic E-state index is 13.3. The van der Waals surface area contributed by atoms with E-state index >= 15 is 0 Å². The molecule has 2 aliphatic rings. The molecule has 2 aromatic carbocycles. The number of para-hydroxylation sites is 1. The summed E-state index contributed by atoms with van der Waals surface area (Å²) in [5, 5.41) is 4.50. The van der Waals surface area contributed by atoms with E-state index in [-0.39, 0.29) is 37.1 Å². The second-order valence-corrected chi connectivity index (χ2v) is 13.0. The first-order valence-electron chi connectivity index (χ1n) is 11.8. The normalized spacial score (nSPS) is 17.0. The number of thiophene rings is 1. The van der Waals surface area contributed by atoms with Crippen LogP contribution in [-0.2, 0) is 5.41 Å². The van der Waals surface area contributed by atoms with Crippen LogP contribution < -0.4 is 0 Å². The molecule has 0 N–H and O–H groups in total. The van der Waals surface area contributed by atoms with E-state index in [2.05, 4.69) is 59.8 Å². The number of fused-ring (bicyclic) bond motifs is 7. The van der Waals surface area contributed by atoms with Crippen LogP contribution >= 0.6 is 11.3 Å². The van der Waals surface area contributed by atoms with E-state index in [9.17, 15) is 9.59 Å². The van der Waals surface area contributed by atoms with Gasteiger partial charge in [-0.2, -0.15) is 0 Å². The van der Waals surface area contributed by atoms with Crippen molar-refractivity contribution in [3.8, 4) is 5.00 Å². The molecule has 5 heterocycles. The molecule has 36 heavy (non-hydrogen) atoms. The van der Waals surface area contributed by atoms with Crippen LogP contribution in [0.15, 0.2) is 71.3 Å². The Morgan fingerprint density at radius 3 is 2.61 bits per heavy atom. The number of ketones is 2. The molecular weight excluding hydrogens is 531 g/mol. The van der Waals surface area contributed by atoms with Crippen LogP contribution in [0, 0.1) is 0 Å². The van der Waals surface area contributed by atoms with Crippen molar-refractivity contribution in [2.75, 3.05) is 0 Å². The van der Waals surface area contributed by atoms with Gasteiger partial charge in [0, 0.05) is 6.20 Å². The van der Waals surface area contributed by atoms with Gasteiger partial charge in [-0.3, -0.25) is 0 Å². The van der Waals surface area contributed by atoms with Gasteiger partial charge in [-0.25, -0.2) is 0 Å². The first kappa shape index (κ1) is 20.6. The van der Waals surface area contributed by atoms with Gasteiger partial charge in [0.2, 0.25) is 0 Å². The Hall–Kier alpha value is -3.57. The summed E-state index contributed by atoms with van der Waals surface area (Å²) >= 11 is 1.85. The summed E-state index contributed by atoms with van der Waals surface area (Å²) < 4.78 is 3.44. The van der Waals surface area contributed by atoms with Gasteiger partial charge >= 0.3 is 186 Å². The predicted molar refractivity (Wildman–Crippen MR) is 146 cm³/mol. The molecule has 0 unspecified atom stereocenters. The predicted octanol–water partition coefficient (Wildman–Crippen LogP) is 6.55. The number of hydrogen-bond donors (Lipinski definition) is 0. The van der Waals surface area contributed by atoms with Crippen LogP contribution in [0.2, 0.25) is 0 Å². The Morgan fingerprint density at radius 1 is 0.944 bits per heavy atom. The molecule has 0 saturated carbocycles. The van der Waals surface area contributed by atoms with Crippen molar-refractivity contribution >= 4 is 75.1 Å². The molecular formula is C30H18N2O2SSe. The number of allylic oxidation sites excluding steroid dienone is 1. The van der Waals surface area contributed by atoms with Crippen molar-refractivity contribution in [3.05, 3.63) is 98.4 Å². The third-order valence-corrected chi connectivity index (χ3v) is 10.6. The van der Waals surface area contributed by atoms with E-state index in [4.69, 9.17) is 4.98 Å².